The van der Waals surface area contributed by atoms with E-state index in [0.717, 1.165) is 17.1 Å². The zero-order valence-corrected chi connectivity index (χ0v) is 8.52. The molecule has 0 aliphatic rings. The monoisotopic (exact) mass is 188 g/mol. The molecular formula is C10H12N4. The highest BCUT2D eigenvalue weighted by atomic mass is 15.3. The van der Waals surface area contributed by atoms with Crippen LogP contribution in [0.1, 0.15) is 17.1 Å². The Kier molecular flexibility index (Phi) is 2.04. The van der Waals surface area contributed by atoms with E-state index in [1.807, 2.05) is 32.9 Å². The van der Waals surface area contributed by atoms with Crippen molar-refractivity contribution in [3.63, 3.8) is 0 Å². The summed E-state index contributed by atoms with van der Waals surface area (Å²) in [5.74, 6) is 0.635. The number of nitrogens with zero attached hydrogens (tertiary/aromatic N) is 4. The summed E-state index contributed by atoms with van der Waals surface area (Å²) in [5, 5.41) is 4.31. The molecule has 14 heavy (non-hydrogen) atoms. The zero-order chi connectivity index (χ0) is 10.1. The SMILES string of the molecule is Cc1ccnc(-n2nc(C)cc2C)n1. The fraction of sp³-hybridized carbons (Fsp3) is 0.300. The number of aromatic nitrogens is 4. The minimum atomic E-state index is 0.635. The summed E-state index contributed by atoms with van der Waals surface area (Å²) in [6.07, 6.45) is 1.74. The lowest BCUT2D eigenvalue weighted by Crippen LogP contribution is -2.05. The molecule has 0 radical (unpaired) electrons. The molecule has 0 atom stereocenters. The molecule has 2 aromatic heterocycles. The van der Waals surface area contributed by atoms with Gasteiger partial charge in [0.25, 0.3) is 5.95 Å². The maximum Gasteiger partial charge on any atom is 0.250 e. The van der Waals surface area contributed by atoms with Crippen LogP contribution in [0.3, 0.4) is 0 Å². The van der Waals surface area contributed by atoms with Crippen molar-refractivity contribution in [3.05, 3.63) is 35.4 Å². The smallest absolute Gasteiger partial charge is 0.220 e. The molecule has 0 bridgehead atoms. The lowest BCUT2D eigenvalue weighted by atomic mass is 10.4. The van der Waals surface area contributed by atoms with Gasteiger partial charge in [-0.25, -0.2) is 14.6 Å². The zero-order valence-electron chi connectivity index (χ0n) is 8.52. The summed E-state index contributed by atoms with van der Waals surface area (Å²) in [4.78, 5) is 8.48. The van der Waals surface area contributed by atoms with Crippen LogP contribution in [0, 0.1) is 20.8 Å². The molecule has 4 nitrogen and oxygen atoms in total. The van der Waals surface area contributed by atoms with Gasteiger partial charge >= 0.3 is 0 Å². The molecule has 0 fully saturated rings. The number of hydrogen-bond donors (Lipinski definition) is 0. The lowest BCUT2D eigenvalue weighted by Gasteiger charge is -2.01. The Balaban J connectivity index is 2.54. The molecule has 0 saturated carbocycles. The minimum absolute atomic E-state index is 0.635. The van der Waals surface area contributed by atoms with Gasteiger partial charge in [-0.1, -0.05) is 0 Å². The third kappa shape index (κ3) is 1.51. The second-order valence-corrected chi connectivity index (χ2v) is 3.34. The highest BCUT2D eigenvalue weighted by Crippen LogP contribution is 2.07. The van der Waals surface area contributed by atoms with E-state index in [1.54, 1.807) is 10.9 Å². The van der Waals surface area contributed by atoms with E-state index in [1.165, 1.54) is 0 Å². The number of rotatable bonds is 1. The Morgan fingerprint density at radius 1 is 1.14 bits per heavy atom. The van der Waals surface area contributed by atoms with Crippen molar-refractivity contribution < 1.29 is 0 Å². The van der Waals surface area contributed by atoms with Gasteiger partial charge in [-0.3, -0.25) is 0 Å². The van der Waals surface area contributed by atoms with Crippen LogP contribution in [0.4, 0.5) is 0 Å². The Hall–Kier alpha value is -1.71. The van der Waals surface area contributed by atoms with Crippen LogP contribution in [0.5, 0.6) is 0 Å². The van der Waals surface area contributed by atoms with Crippen molar-refractivity contribution in [1.29, 1.82) is 0 Å². The average Bonchev–Trinajstić information content (AvgIpc) is 2.45. The molecule has 2 rings (SSSR count). The first-order chi connectivity index (χ1) is 6.66. The summed E-state index contributed by atoms with van der Waals surface area (Å²) in [6.45, 7) is 5.89. The Labute approximate surface area is 82.6 Å². The highest BCUT2D eigenvalue weighted by molar-refractivity contribution is 5.19. The first kappa shape index (κ1) is 8.87. The van der Waals surface area contributed by atoms with Crippen LogP contribution in [0.2, 0.25) is 0 Å². The second-order valence-electron chi connectivity index (χ2n) is 3.34. The topological polar surface area (TPSA) is 43.6 Å². The quantitative estimate of drug-likeness (QED) is 0.682. The first-order valence-electron chi connectivity index (χ1n) is 4.50. The second kappa shape index (κ2) is 3.21. The van der Waals surface area contributed by atoms with Gasteiger partial charge in [0.15, 0.2) is 0 Å². The van der Waals surface area contributed by atoms with Gasteiger partial charge in [-0.05, 0) is 32.9 Å². The van der Waals surface area contributed by atoms with E-state index in [4.69, 9.17) is 0 Å². The number of hydrogen-bond acceptors (Lipinski definition) is 3. The third-order valence-corrected chi connectivity index (χ3v) is 1.98. The predicted octanol–water partition coefficient (Wildman–Crippen LogP) is 1.59. The summed E-state index contributed by atoms with van der Waals surface area (Å²) < 4.78 is 1.75. The number of aryl methyl sites for hydroxylation is 3. The maximum absolute atomic E-state index is 4.31. The van der Waals surface area contributed by atoms with Crippen molar-refractivity contribution >= 4 is 0 Å². The molecule has 0 amide bonds. The Bertz CT molecular complexity index is 459. The van der Waals surface area contributed by atoms with E-state index in [-0.39, 0.29) is 0 Å². The molecule has 2 aromatic rings. The predicted molar refractivity (Wildman–Crippen MR) is 53.4 cm³/mol. The third-order valence-electron chi connectivity index (χ3n) is 1.98. The molecule has 2 heterocycles. The van der Waals surface area contributed by atoms with Gasteiger partial charge in [-0.15, -0.1) is 0 Å². The van der Waals surface area contributed by atoms with Gasteiger partial charge in [0, 0.05) is 17.6 Å². The summed E-state index contributed by atoms with van der Waals surface area (Å²) >= 11 is 0. The first-order valence-corrected chi connectivity index (χ1v) is 4.50. The van der Waals surface area contributed by atoms with Gasteiger partial charge in [0.1, 0.15) is 0 Å². The van der Waals surface area contributed by atoms with Crippen molar-refractivity contribution in [2.75, 3.05) is 0 Å². The van der Waals surface area contributed by atoms with Crippen LogP contribution in [0.15, 0.2) is 18.3 Å². The van der Waals surface area contributed by atoms with Crippen LogP contribution < -0.4 is 0 Å². The molecule has 0 saturated heterocycles. The van der Waals surface area contributed by atoms with Crippen molar-refractivity contribution in [1.82, 2.24) is 19.7 Å². The van der Waals surface area contributed by atoms with Gasteiger partial charge < -0.3 is 0 Å². The highest BCUT2D eigenvalue weighted by Gasteiger charge is 2.05. The molecular weight excluding hydrogens is 176 g/mol. The van der Waals surface area contributed by atoms with Gasteiger partial charge in [0.05, 0.1) is 5.69 Å². The largest absolute Gasteiger partial charge is 0.250 e. The van der Waals surface area contributed by atoms with E-state index >= 15 is 0 Å². The summed E-state index contributed by atoms with van der Waals surface area (Å²) in [5.41, 5.74) is 2.98. The van der Waals surface area contributed by atoms with Gasteiger partial charge in [0.2, 0.25) is 0 Å². The molecule has 0 aliphatic carbocycles. The van der Waals surface area contributed by atoms with Crippen LogP contribution >= 0.6 is 0 Å². The fourth-order valence-electron chi connectivity index (χ4n) is 1.37. The van der Waals surface area contributed by atoms with E-state index in [0.29, 0.717) is 5.95 Å². The molecule has 4 heteroatoms. The molecule has 0 aromatic carbocycles. The summed E-state index contributed by atoms with van der Waals surface area (Å²) in [7, 11) is 0. The van der Waals surface area contributed by atoms with Crippen molar-refractivity contribution in [2.45, 2.75) is 20.8 Å². The van der Waals surface area contributed by atoms with E-state index in [9.17, 15) is 0 Å². The van der Waals surface area contributed by atoms with Crippen molar-refractivity contribution in [2.24, 2.45) is 0 Å². The maximum atomic E-state index is 4.31. The molecule has 0 unspecified atom stereocenters. The molecule has 0 spiro atoms. The summed E-state index contributed by atoms with van der Waals surface area (Å²) in [6, 6.07) is 3.88. The fourth-order valence-corrected chi connectivity index (χ4v) is 1.37. The molecule has 0 N–H and O–H groups in total. The van der Waals surface area contributed by atoms with E-state index < -0.39 is 0 Å². The van der Waals surface area contributed by atoms with Gasteiger partial charge in [-0.2, -0.15) is 5.10 Å². The minimum Gasteiger partial charge on any atom is -0.220 e. The molecule has 0 aliphatic heterocycles. The normalized spacial score (nSPS) is 10.5. The lowest BCUT2D eigenvalue weighted by molar-refractivity contribution is 0.768. The van der Waals surface area contributed by atoms with E-state index in [2.05, 4.69) is 15.1 Å². The van der Waals surface area contributed by atoms with Crippen LogP contribution in [-0.4, -0.2) is 19.7 Å². The standard InChI is InChI=1S/C10H12N4/c1-7-4-5-11-10(12-7)14-9(3)6-8(2)13-14/h4-6H,1-3H3. The van der Waals surface area contributed by atoms with Crippen LogP contribution in [-0.2, 0) is 0 Å². The average molecular weight is 188 g/mol. The molecule has 72 valence electrons. The van der Waals surface area contributed by atoms with Crippen molar-refractivity contribution in [3.8, 4) is 5.95 Å². The Morgan fingerprint density at radius 2 is 1.93 bits per heavy atom. The Morgan fingerprint density at radius 3 is 2.50 bits per heavy atom. The van der Waals surface area contributed by atoms with Crippen LogP contribution in [0.25, 0.3) is 5.95 Å².